The molecular weight excluding hydrogens is 549 g/mol. The van der Waals surface area contributed by atoms with Crippen molar-refractivity contribution in [2.45, 2.75) is 44.4 Å². The summed E-state index contributed by atoms with van der Waals surface area (Å²) in [5.41, 5.74) is 4.86. The lowest BCUT2D eigenvalue weighted by molar-refractivity contribution is -0.156. The van der Waals surface area contributed by atoms with Gasteiger partial charge in [0.2, 0.25) is 5.91 Å². The summed E-state index contributed by atoms with van der Waals surface area (Å²) in [5, 5.41) is 17.3. The minimum absolute atomic E-state index is 0.00700. The average molecular weight is 571 g/mol. The zero-order valence-corrected chi connectivity index (χ0v) is 21.0. The largest absolute Gasteiger partial charge is 0.477 e. The molecule has 0 bridgehead atoms. The number of fused-ring (bicyclic) bond motifs is 1. The number of rotatable bonds is 7. The van der Waals surface area contributed by atoms with Gasteiger partial charge >= 0.3 is 18.1 Å². The number of carboxylic acid groups (broad SMARTS) is 1. The number of hydrogen-bond donors (Lipinski definition) is 3. The molecule has 4 N–H and O–H groups in total. The molecule has 0 aromatic carbocycles. The Labute approximate surface area is 221 Å². The fraction of sp³-hybridized carbons (Fsp3) is 0.409. The quantitative estimate of drug-likeness (QED) is 0.138. The molecule has 2 fully saturated rings. The molecule has 0 saturated carbocycles. The number of anilines is 1. The van der Waals surface area contributed by atoms with Crippen LogP contribution in [0.5, 0.6) is 0 Å². The van der Waals surface area contributed by atoms with Crippen molar-refractivity contribution in [1.29, 1.82) is 0 Å². The minimum atomic E-state index is -4.58. The van der Waals surface area contributed by atoms with Gasteiger partial charge in [0.1, 0.15) is 24.0 Å². The van der Waals surface area contributed by atoms with Gasteiger partial charge in [-0.3, -0.25) is 19.3 Å². The lowest BCUT2D eigenvalue weighted by atomic mass is 9.82. The molecule has 208 valence electrons. The summed E-state index contributed by atoms with van der Waals surface area (Å²) in [6, 6.07) is -1.90. The zero-order chi connectivity index (χ0) is 28.6. The van der Waals surface area contributed by atoms with Gasteiger partial charge in [-0.25, -0.2) is 14.6 Å². The van der Waals surface area contributed by atoms with E-state index < -0.39 is 65.9 Å². The number of allylic oxidation sites excluding steroid dienone is 2. The molecule has 2 atom stereocenters. The number of thiazole rings is 1. The van der Waals surface area contributed by atoms with Gasteiger partial charge in [0.05, 0.1) is 6.04 Å². The Morgan fingerprint density at radius 2 is 2.05 bits per heavy atom. The molecule has 0 unspecified atom stereocenters. The number of β-lactam (4-membered cyclic amide) rings is 1. The second kappa shape index (κ2) is 10.5. The number of carbonyl (C=O) groups is 5. The van der Waals surface area contributed by atoms with Crippen LogP contribution in [0.15, 0.2) is 33.5 Å². The summed E-state index contributed by atoms with van der Waals surface area (Å²) in [7, 11) is 0. The van der Waals surface area contributed by atoms with Crippen molar-refractivity contribution in [3.05, 3.63) is 34.0 Å². The maximum Gasteiger partial charge on any atom is 0.406 e. The van der Waals surface area contributed by atoms with E-state index in [1.807, 2.05) is 0 Å². The van der Waals surface area contributed by atoms with Crippen LogP contribution in [0, 0.1) is 0 Å². The summed E-state index contributed by atoms with van der Waals surface area (Å²) in [4.78, 5) is 71.6. The third kappa shape index (κ3) is 5.76. The molecule has 3 amide bonds. The predicted molar refractivity (Wildman–Crippen MR) is 127 cm³/mol. The van der Waals surface area contributed by atoms with E-state index in [4.69, 9.17) is 5.73 Å². The topological polar surface area (TPSA) is 185 Å². The molecule has 2 saturated heterocycles. The molecule has 0 radical (unpaired) electrons. The van der Waals surface area contributed by atoms with Gasteiger partial charge in [-0.05, 0) is 30.9 Å². The number of aliphatic carboxylic acids is 1. The van der Waals surface area contributed by atoms with Crippen molar-refractivity contribution in [3.63, 3.8) is 0 Å². The Morgan fingerprint density at radius 1 is 1.33 bits per heavy atom. The van der Waals surface area contributed by atoms with E-state index in [0.29, 0.717) is 4.90 Å². The van der Waals surface area contributed by atoms with Gasteiger partial charge < -0.3 is 25.9 Å². The average Bonchev–Trinajstić information content (AvgIpc) is 3.41. The maximum absolute atomic E-state index is 13.0. The van der Waals surface area contributed by atoms with Crippen molar-refractivity contribution in [2.24, 2.45) is 5.16 Å². The van der Waals surface area contributed by atoms with Crippen molar-refractivity contribution >= 4 is 51.8 Å². The van der Waals surface area contributed by atoms with Gasteiger partial charge in [0, 0.05) is 24.4 Å². The summed E-state index contributed by atoms with van der Waals surface area (Å²) < 4.78 is 38.2. The molecule has 1 aromatic rings. The van der Waals surface area contributed by atoms with E-state index in [9.17, 15) is 42.3 Å². The number of carboxylic acids is 1. The minimum Gasteiger partial charge on any atom is -0.477 e. The zero-order valence-electron chi connectivity index (χ0n) is 20.1. The molecular formula is C22H21F3N6O7S. The van der Waals surface area contributed by atoms with Crippen LogP contribution in [0.3, 0.4) is 0 Å². The highest BCUT2D eigenvalue weighted by molar-refractivity contribution is 7.13. The first-order valence-electron chi connectivity index (χ1n) is 11.4. The number of carbonyl (C=O) groups excluding carboxylic acids is 4. The molecule has 4 rings (SSSR count). The molecule has 0 aliphatic carbocycles. The first-order valence-corrected chi connectivity index (χ1v) is 12.3. The van der Waals surface area contributed by atoms with E-state index in [-0.39, 0.29) is 47.8 Å². The lowest BCUT2D eigenvalue weighted by Crippen LogP contribution is -2.72. The molecule has 4 heterocycles. The van der Waals surface area contributed by atoms with E-state index in [2.05, 4.69) is 20.3 Å². The van der Waals surface area contributed by atoms with Crippen LogP contribution in [-0.4, -0.2) is 86.6 Å². The van der Waals surface area contributed by atoms with Crippen LogP contribution >= 0.6 is 11.3 Å². The van der Waals surface area contributed by atoms with Crippen molar-refractivity contribution in [1.82, 2.24) is 20.1 Å². The van der Waals surface area contributed by atoms with Crippen LogP contribution in [-0.2, 0) is 28.8 Å². The van der Waals surface area contributed by atoms with Crippen molar-refractivity contribution in [2.75, 3.05) is 18.8 Å². The van der Waals surface area contributed by atoms with E-state index in [0.717, 1.165) is 23.2 Å². The lowest BCUT2D eigenvalue weighted by Gasteiger charge is -2.50. The number of oxime groups is 1. The number of halogens is 3. The Bertz CT molecular complexity index is 1350. The number of amides is 3. The molecule has 1 aromatic heterocycles. The fourth-order valence-corrected chi connectivity index (χ4v) is 5.08. The second-order valence-electron chi connectivity index (χ2n) is 8.80. The van der Waals surface area contributed by atoms with E-state index >= 15 is 0 Å². The number of aromatic nitrogens is 1. The molecule has 3 aliphatic rings. The standard InChI is InChI=1S/C22H21F3N6O7S/c1-9(32)38-29-14(12-7-39-21(26)27-12)17(33)28-15-13-3-2-10(16(20(36)37)31(13)19(15)35)6-11-4-5-30(18(11)34)8-22(23,24)25/h6-7,13,15H,2-5,8H2,1H3,(H2,26,27)(H,28,33)(H,36,37)/t13-,15+/m1/s1. The summed E-state index contributed by atoms with van der Waals surface area (Å²) in [6.45, 7) is -0.525. The summed E-state index contributed by atoms with van der Waals surface area (Å²) >= 11 is 0.992. The Hall–Kier alpha value is -4.28. The Balaban J connectivity index is 1.54. The van der Waals surface area contributed by atoms with Crippen LogP contribution < -0.4 is 11.1 Å². The molecule has 13 nitrogen and oxygen atoms in total. The number of alkyl halides is 3. The molecule has 0 spiro atoms. The smallest absolute Gasteiger partial charge is 0.406 e. The fourth-order valence-electron chi connectivity index (χ4n) is 4.53. The van der Waals surface area contributed by atoms with Gasteiger partial charge in [0.25, 0.3) is 11.8 Å². The third-order valence-electron chi connectivity index (χ3n) is 6.14. The SMILES string of the molecule is CC(=O)ON=C(C(=O)N[C@@H]1C(=O)N2C(C(=O)O)=C(C=C3CCN(CC(F)(F)F)C3=O)CC[C@H]12)c1csc(N)n1. The Morgan fingerprint density at radius 3 is 2.64 bits per heavy atom. The summed E-state index contributed by atoms with van der Waals surface area (Å²) in [6.07, 6.45) is -3.09. The number of nitrogens with zero attached hydrogens (tertiary/aromatic N) is 4. The summed E-state index contributed by atoms with van der Waals surface area (Å²) in [5.74, 6) is -4.83. The first kappa shape index (κ1) is 27.7. The van der Waals surface area contributed by atoms with Crippen molar-refractivity contribution < 1.29 is 47.1 Å². The highest BCUT2D eigenvalue weighted by Gasteiger charge is 2.53. The Kier molecular flexibility index (Phi) is 7.45. The highest BCUT2D eigenvalue weighted by atomic mass is 32.1. The molecule has 39 heavy (non-hydrogen) atoms. The maximum atomic E-state index is 13.0. The van der Waals surface area contributed by atoms with Gasteiger partial charge in [-0.15, -0.1) is 11.3 Å². The number of hydrogen-bond acceptors (Lipinski definition) is 10. The third-order valence-corrected chi connectivity index (χ3v) is 6.81. The van der Waals surface area contributed by atoms with Crippen LogP contribution in [0.25, 0.3) is 0 Å². The van der Waals surface area contributed by atoms with Crippen LogP contribution in [0.2, 0.25) is 0 Å². The monoisotopic (exact) mass is 570 g/mol. The van der Waals surface area contributed by atoms with Gasteiger partial charge in [-0.2, -0.15) is 13.2 Å². The first-order chi connectivity index (χ1) is 18.3. The van der Waals surface area contributed by atoms with Crippen LogP contribution in [0.4, 0.5) is 18.3 Å². The number of likely N-dealkylation sites (tertiary alicyclic amines) is 1. The van der Waals surface area contributed by atoms with E-state index in [1.54, 1.807) is 0 Å². The molecule has 17 heteroatoms. The van der Waals surface area contributed by atoms with Gasteiger partial charge in [-0.1, -0.05) is 5.16 Å². The normalized spacial score (nSPS) is 22.7. The number of nitrogens with two attached hydrogens (primary N) is 1. The predicted octanol–water partition coefficient (Wildman–Crippen LogP) is 0.542. The molecule has 3 aliphatic heterocycles. The number of nitrogen functional groups attached to an aromatic ring is 1. The van der Waals surface area contributed by atoms with Crippen LogP contribution in [0.1, 0.15) is 31.9 Å². The van der Waals surface area contributed by atoms with Gasteiger partial charge in [0.15, 0.2) is 10.8 Å². The van der Waals surface area contributed by atoms with Crippen molar-refractivity contribution in [3.8, 4) is 0 Å². The second-order valence-corrected chi connectivity index (χ2v) is 9.69. The van der Waals surface area contributed by atoms with E-state index in [1.165, 1.54) is 11.5 Å². The highest BCUT2D eigenvalue weighted by Crippen LogP contribution is 2.38. The number of nitrogens with one attached hydrogen (secondary N) is 1.